The molecule has 1 aromatic rings. The van der Waals surface area contributed by atoms with Gasteiger partial charge in [-0.05, 0) is 24.0 Å². The van der Waals surface area contributed by atoms with Gasteiger partial charge in [-0.25, -0.2) is 4.39 Å². The number of nitro benzene ring substituents is 1. The molecule has 0 heterocycles. The zero-order chi connectivity index (χ0) is 12.7. The summed E-state index contributed by atoms with van der Waals surface area (Å²) in [6.45, 7) is 2.78. The van der Waals surface area contributed by atoms with Gasteiger partial charge in [0.1, 0.15) is 5.82 Å². The number of anilines is 1. The SMILES string of the molecule is CCSCCCNc1cc(F)cc([N+](=O)[O-])c1. The fraction of sp³-hybridized carbons (Fsp3) is 0.455. The largest absolute Gasteiger partial charge is 0.385 e. The zero-order valence-electron chi connectivity index (χ0n) is 9.61. The molecule has 1 N–H and O–H groups in total. The van der Waals surface area contributed by atoms with Gasteiger partial charge in [-0.1, -0.05) is 6.92 Å². The summed E-state index contributed by atoms with van der Waals surface area (Å²) in [7, 11) is 0. The van der Waals surface area contributed by atoms with Crippen molar-refractivity contribution in [2.24, 2.45) is 0 Å². The third-order valence-corrected chi connectivity index (χ3v) is 3.08. The van der Waals surface area contributed by atoms with E-state index in [4.69, 9.17) is 0 Å². The van der Waals surface area contributed by atoms with Gasteiger partial charge in [0.2, 0.25) is 0 Å². The van der Waals surface area contributed by atoms with Crippen molar-refractivity contribution >= 4 is 23.1 Å². The molecule has 0 aliphatic rings. The van der Waals surface area contributed by atoms with Crippen molar-refractivity contribution < 1.29 is 9.31 Å². The van der Waals surface area contributed by atoms with E-state index in [2.05, 4.69) is 12.2 Å². The molecular formula is C11H15FN2O2S. The van der Waals surface area contributed by atoms with Crippen molar-refractivity contribution in [2.75, 3.05) is 23.4 Å². The molecule has 0 bridgehead atoms. The Kier molecular flexibility index (Phi) is 5.76. The summed E-state index contributed by atoms with van der Waals surface area (Å²) in [6.07, 6.45) is 0.947. The van der Waals surface area contributed by atoms with E-state index in [-0.39, 0.29) is 5.69 Å². The Morgan fingerprint density at radius 1 is 1.47 bits per heavy atom. The molecule has 0 atom stereocenters. The van der Waals surface area contributed by atoms with Crippen molar-refractivity contribution in [1.29, 1.82) is 0 Å². The second-order valence-corrected chi connectivity index (χ2v) is 4.83. The van der Waals surface area contributed by atoms with Crippen molar-refractivity contribution in [3.63, 3.8) is 0 Å². The Morgan fingerprint density at radius 2 is 2.24 bits per heavy atom. The van der Waals surface area contributed by atoms with Gasteiger partial charge in [-0.3, -0.25) is 10.1 Å². The Bertz CT molecular complexity index is 388. The highest BCUT2D eigenvalue weighted by Gasteiger charge is 2.09. The van der Waals surface area contributed by atoms with Crippen LogP contribution in [0, 0.1) is 15.9 Å². The van der Waals surface area contributed by atoms with E-state index in [1.807, 2.05) is 11.8 Å². The van der Waals surface area contributed by atoms with Crippen LogP contribution in [0.5, 0.6) is 0 Å². The summed E-state index contributed by atoms with van der Waals surface area (Å²) in [6, 6.07) is 3.52. The number of nitrogens with one attached hydrogen (secondary N) is 1. The molecule has 0 aliphatic carbocycles. The highest BCUT2D eigenvalue weighted by Crippen LogP contribution is 2.19. The molecule has 4 nitrogen and oxygen atoms in total. The summed E-state index contributed by atoms with van der Waals surface area (Å²) in [4.78, 5) is 9.93. The van der Waals surface area contributed by atoms with Crippen LogP contribution in [-0.4, -0.2) is 23.0 Å². The molecule has 0 radical (unpaired) electrons. The van der Waals surface area contributed by atoms with Gasteiger partial charge >= 0.3 is 0 Å². The fourth-order valence-electron chi connectivity index (χ4n) is 1.33. The minimum atomic E-state index is -0.596. The van der Waals surface area contributed by atoms with Crippen LogP contribution in [0.4, 0.5) is 15.8 Å². The Hall–Kier alpha value is -1.30. The molecule has 0 spiro atoms. The second-order valence-electron chi connectivity index (χ2n) is 3.43. The summed E-state index contributed by atoms with van der Waals surface area (Å²) in [5.41, 5.74) is 0.230. The molecule has 0 amide bonds. The minimum Gasteiger partial charge on any atom is -0.385 e. The molecule has 0 saturated carbocycles. The third kappa shape index (κ3) is 5.04. The van der Waals surface area contributed by atoms with Crippen molar-refractivity contribution in [3.8, 4) is 0 Å². The highest BCUT2D eigenvalue weighted by atomic mass is 32.2. The lowest BCUT2D eigenvalue weighted by atomic mass is 10.2. The number of halogens is 1. The van der Waals surface area contributed by atoms with Crippen LogP contribution in [0.2, 0.25) is 0 Å². The van der Waals surface area contributed by atoms with Gasteiger partial charge in [-0.2, -0.15) is 11.8 Å². The average molecular weight is 258 g/mol. The average Bonchev–Trinajstić information content (AvgIpc) is 2.28. The molecule has 94 valence electrons. The number of thioether (sulfide) groups is 1. The molecule has 0 saturated heterocycles. The lowest BCUT2D eigenvalue weighted by Gasteiger charge is -2.06. The van der Waals surface area contributed by atoms with Crippen LogP contribution in [-0.2, 0) is 0 Å². The topological polar surface area (TPSA) is 55.2 Å². The molecule has 6 heteroatoms. The fourth-order valence-corrected chi connectivity index (χ4v) is 1.97. The van der Waals surface area contributed by atoms with Crippen LogP contribution in [0.3, 0.4) is 0 Å². The smallest absolute Gasteiger partial charge is 0.274 e. The Balaban J connectivity index is 2.50. The number of hydrogen-bond acceptors (Lipinski definition) is 4. The predicted octanol–water partition coefficient (Wildman–Crippen LogP) is 3.29. The van der Waals surface area contributed by atoms with Crippen LogP contribution in [0.25, 0.3) is 0 Å². The maximum atomic E-state index is 13.1. The van der Waals surface area contributed by atoms with Crippen molar-refractivity contribution in [3.05, 3.63) is 34.1 Å². The van der Waals surface area contributed by atoms with Crippen LogP contribution in [0.1, 0.15) is 13.3 Å². The molecule has 0 fully saturated rings. The lowest BCUT2D eigenvalue weighted by Crippen LogP contribution is -2.03. The monoisotopic (exact) mass is 258 g/mol. The highest BCUT2D eigenvalue weighted by molar-refractivity contribution is 7.99. The van der Waals surface area contributed by atoms with E-state index in [0.29, 0.717) is 12.2 Å². The lowest BCUT2D eigenvalue weighted by molar-refractivity contribution is -0.385. The summed E-state index contributed by atoms with van der Waals surface area (Å²) in [5.74, 6) is 1.51. The zero-order valence-corrected chi connectivity index (χ0v) is 10.4. The van der Waals surface area contributed by atoms with E-state index in [1.54, 1.807) is 0 Å². The van der Waals surface area contributed by atoms with Crippen LogP contribution < -0.4 is 5.32 Å². The van der Waals surface area contributed by atoms with Crippen molar-refractivity contribution in [2.45, 2.75) is 13.3 Å². The number of hydrogen-bond donors (Lipinski definition) is 1. The van der Waals surface area contributed by atoms with E-state index in [9.17, 15) is 14.5 Å². The summed E-state index contributed by atoms with van der Waals surface area (Å²) < 4.78 is 13.1. The van der Waals surface area contributed by atoms with Gasteiger partial charge in [0, 0.05) is 18.3 Å². The molecule has 1 aromatic carbocycles. The van der Waals surface area contributed by atoms with E-state index in [1.165, 1.54) is 12.1 Å². The quantitative estimate of drug-likeness (QED) is 0.463. The second kappa shape index (κ2) is 7.11. The molecule has 1 rings (SSSR count). The maximum absolute atomic E-state index is 13.1. The first kappa shape index (κ1) is 13.8. The van der Waals surface area contributed by atoms with E-state index in [0.717, 1.165) is 24.0 Å². The Labute approximate surface area is 104 Å². The van der Waals surface area contributed by atoms with E-state index < -0.39 is 10.7 Å². The maximum Gasteiger partial charge on any atom is 0.274 e. The van der Waals surface area contributed by atoms with Crippen LogP contribution in [0.15, 0.2) is 18.2 Å². The van der Waals surface area contributed by atoms with E-state index >= 15 is 0 Å². The van der Waals surface area contributed by atoms with Crippen LogP contribution >= 0.6 is 11.8 Å². The van der Waals surface area contributed by atoms with Gasteiger partial charge in [0.05, 0.1) is 11.0 Å². The van der Waals surface area contributed by atoms with Crippen molar-refractivity contribution in [1.82, 2.24) is 0 Å². The summed E-state index contributed by atoms with van der Waals surface area (Å²) in [5, 5.41) is 13.5. The molecular weight excluding hydrogens is 243 g/mol. The third-order valence-electron chi connectivity index (χ3n) is 2.09. The summed E-state index contributed by atoms with van der Waals surface area (Å²) >= 11 is 1.83. The number of nitro groups is 1. The minimum absolute atomic E-state index is 0.226. The van der Waals surface area contributed by atoms with Gasteiger partial charge < -0.3 is 5.32 Å². The Morgan fingerprint density at radius 3 is 2.88 bits per heavy atom. The predicted molar refractivity (Wildman–Crippen MR) is 69.2 cm³/mol. The normalized spacial score (nSPS) is 10.2. The number of rotatable bonds is 7. The first-order chi connectivity index (χ1) is 8.13. The molecule has 0 aromatic heterocycles. The first-order valence-electron chi connectivity index (χ1n) is 5.40. The molecule has 0 aliphatic heterocycles. The standard InChI is InChI=1S/C11H15FN2O2S/c1-2-17-5-3-4-13-10-6-9(12)7-11(8-10)14(15)16/h6-8,13H,2-5H2,1H3. The number of nitrogens with zero attached hydrogens (tertiary/aromatic N) is 1. The van der Waals surface area contributed by atoms with Gasteiger partial charge in [-0.15, -0.1) is 0 Å². The van der Waals surface area contributed by atoms with Gasteiger partial charge in [0.25, 0.3) is 5.69 Å². The molecule has 0 unspecified atom stereocenters. The number of non-ortho nitro benzene ring substituents is 1. The number of benzene rings is 1. The first-order valence-corrected chi connectivity index (χ1v) is 6.55. The van der Waals surface area contributed by atoms with Gasteiger partial charge in [0.15, 0.2) is 0 Å². The molecule has 17 heavy (non-hydrogen) atoms.